The molecule has 0 unspecified atom stereocenters. The maximum Gasteiger partial charge on any atom is 0.305 e. The summed E-state index contributed by atoms with van der Waals surface area (Å²) in [4.78, 5) is 19.0. The van der Waals surface area contributed by atoms with Crippen molar-refractivity contribution < 1.29 is 9.53 Å². The molecule has 88 valence electrons. The number of anilines is 1. The zero-order valence-corrected chi connectivity index (χ0v) is 11.2. The first-order chi connectivity index (χ1) is 7.74. The number of carbonyl (C=O) groups excluding carboxylic acids is 1. The van der Waals surface area contributed by atoms with E-state index in [1.54, 1.807) is 13.1 Å². The summed E-state index contributed by atoms with van der Waals surface area (Å²) in [6, 6.07) is 0. The van der Waals surface area contributed by atoms with Crippen LogP contribution in [0.15, 0.2) is 12.5 Å². The lowest BCUT2D eigenvalue weighted by molar-refractivity contribution is -0.143. The van der Waals surface area contributed by atoms with E-state index in [0.717, 1.165) is 15.8 Å². The third-order valence-electron chi connectivity index (χ3n) is 1.82. The molecule has 0 bridgehead atoms. The molecule has 0 aromatic carbocycles. The van der Waals surface area contributed by atoms with Crippen molar-refractivity contribution in [3.05, 3.63) is 16.1 Å². The maximum absolute atomic E-state index is 11.0. The highest BCUT2D eigenvalue weighted by molar-refractivity contribution is 14.1. The Balaban J connectivity index is 2.21. The molecule has 0 saturated carbocycles. The first-order valence-corrected chi connectivity index (χ1v) is 6.17. The minimum Gasteiger partial charge on any atom is -0.466 e. The molecule has 0 aliphatic heterocycles. The van der Waals surface area contributed by atoms with Crippen molar-refractivity contribution >= 4 is 34.4 Å². The van der Waals surface area contributed by atoms with Gasteiger partial charge in [0.15, 0.2) is 0 Å². The van der Waals surface area contributed by atoms with Gasteiger partial charge in [0.1, 0.15) is 12.1 Å². The van der Waals surface area contributed by atoms with Gasteiger partial charge in [0, 0.05) is 19.2 Å². The van der Waals surface area contributed by atoms with E-state index in [-0.39, 0.29) is 5.97 Å². The number of aromatic nitrogens is 2. The van der Waals surface area contributed by atoms with Crippen molar-refractivity contribution in [1.29, 1.82) is 0 Å². The van der Waals surface area contributed by atoms with Gasteiger partial charge in [-0.1, -0.05) is 0 Å². The van der Waals surface area contributed by atoms with E-state index < -0.39 is 0 Å². The summed E-state index contributed by atoms with van der Waals surface area (Å²) < 4.78 is 5.79. The summed E-state index contributed by atoms with van der Waals surface area (Å²) in [7, 11) is 0. The number of nitrogens with zero attached hydrogens (tertiary/aromatic N) is 2. The highest BCUT2D eigenvalue weighted by atomic mass is 127. The Labute approximate surface area is 108 Å². The van der Waals surface area contributed by atoms with Crippen LogP contribution in [0.1, 0.15) is 19.8 Å². The van der Waals surface area contributed by atoms with Crippen molar-refractivity contribution in [1.82, 2.24) is 9.97 Å². The van der Waals surface area contributed by atoms with Crippen LogP contribution in [0.25, 0.3) is 0 Å². The summed E-state index contributed by atoms with van der Waals surface area (Å²) >= 11 is 2.16. The number of esters is 1. The van der Waals surface area contributed by atoms with Crippen LogP contribution in [-0.4, -0.2) is 29.1 Å². The largest absolute Gasteiger partial charge is 0.466 e. The molecule has 1 aromatic rings. The highest BCUT2D eigenvalue weighted by Gasteiger charge is 2.02. The molecule has 0 saturated heterocycles. The molecule has 6 heteroatoms. The second-order valence-corrected chi connectivity index (χ2v) is 4.22. The predicted octanol–water partition coefficient (Wildman–Crippen LogP) is 1.84. The van der Waals surface area contributed by atoms with Crippen molar-refractivity contribution in [2.24, 2.45) is 0 Å². The minimum absolute atomic E-state index is 0.151. The number of nitrogens with one attached hydrogen (secondary N) is 1. The molecule has 1 rings (SSSR count). The van der Waals surface area contributed by atoms with Gasteiger partial charge in [-0.3, -0.25) is 4.79 Å². The molecular formula is C10H14IN3O2. The minimum atomic E-state index is -0.151. The average molecular weight is 335 g/mol. The fraction of sp³-hybridized carbons (Fsp3) is 0.500. The van der Waals surface area contributed by atoms with Crippen molar-refractivity contribution in [3.8, 4) is 0 Å². The van der Waals surface area contributed by atoms with E-state index in [1.807, 2.05) is 0 Å². The summed E-state index contributed by atoms with van der Waals surface area (Å²) in [6.07, 6.45) is 4.40. The van der Waals surface area contributed by atoms with Crippen LogP contribution in [0.3, 0.4) is 0 Å². The van der Waals surface area contributed by atoms with Crippen LogP contribution >= 0.6 is 22.6 Å². The van der Waals surface area contributed by atoms with Gasteiger partial charge >= 0.3 is 5.97 Å². The first kappa shape index (κ1) is 13.1. The maximum atomic E-state index is 11.0. The predicted molar refractivity (Wildman–Crippen MR) is 69.1 cm³/mol. The van der Waals surface area contributed by atoms with E-state index >= 15 is 0 Å². The van der Waals surface area contributed by atoms with E-state index in [2.05, 4.69) is 37.9 Å². The van der Waals surface area contributed by atoms with Gasteiger partial charge in [-0.2, -0.15) is 0 Å². The Morgan fingerprint density at radius 3 is 3.12 bits per heavy atom. The Hall–Kier alpha value is -0.920. The smallest absolute Gasteiger partial charge is 0.305 e. The van der Waals surface area contributed by atoms with Gasteiger partial charge in [0.05, 0.1) is 10.2 Å². The quantitative estimate of drug-likeness (QED) is 0.488. The monoisotopic (exact) mass is 335 g/mol. The van der Waals surface area contributed by atoms with Gasteiger partial charge in [-0.05, 0) is 35.9 Å². The molecule has 1 heterocycles. The normalized spacial score (nSPS) is 9.88. The zero-order chi connectivity index (χ0) is 11.8. The molecule has 0 aliphatic rings. The van der Waals surface area contributed by atoms with Crippen molar-refractivity contribution in [2.45, 2.75) is 19.8 Å². The first-order valence-electron chi connectivity index (χ1n) is 5.09. The highest BCUT2D eigenvalue weighted by Crippen LogP contribution is 2.12. The lowest BCUT2D eigenvalue weighted by Crippen LogP contribution is -2.09. The van der Waals surface area contributed by atoms with Crippen LogP contribution in [-0.2, 0) is 9.53 Å². The topological polar surface area (TPSA) is 64.1 Å². The van der Waals surface area contributed by atoms with Gasteiger partial charge in [0.2, 0.25) is 0 Å². The lowest BCUT2D eigenvalue weighted by atomic mass is 10.3. The fourth-order valence-electron chi connectivity index (χ4n) is 1.12. The molecule has 0 atom stereocenters. The van der Waals surface area contributed by atoms with Crippen LogP contribution in [0, 0.1) is 3.57 Å². The van der Waals surface area contributed by atoms with Crippen molar-refractivity contribution in [2.75, 3.05) is 18.5 Å². The summed E-state index contributed by atoms with van der Waals surface area (Å²) in [5, 5.41) is 3.14. The summed E-state index contributed by atoms with van der Waals surface area (Å²) in [6.45, 7) is 2.95. The zero-order valence-electron chi connectivity index (χ0n) is 9.07. The SMILES string of the molecule is CCOC(=O)CCCNc1ncncc1I. The molecule has 16 heavy (non-hydrogen) atoms. The number of hydrogen-bond donors (Lipinski definition) is 1. The van der Waals surface area contributed by atoms with Crippen LogP contribution in [0.2, 0.25) is 0 Å². The Morgan fingerprint density at radius 1 is 1.62 bits per heavy atom. The van der Waals surface area contributed by atoms with Crippen LogP contribution in [0.5, 0.6) is 0 Å². The molecule has 1 N–H and O–H groups in total. The second-order valence-electron chi connectivity index (χ2n) is 3.05. The Kier molecular flexibility index (Phi) is 6.05. The Bertz CT molecular complexity index is 347. The molecule has 1 aromatic heterocycles. The van der Waals surface area contributed by atoms with Crippen LogP contribution < -0.4 is 5.32 Å². The molecular weight excluding hydrogens is 321 g/mol. The number of carbonyl (C=O) groups is 1. The number of halogens is 1. The van der Waals surface area contributed by atoms with Gasteiger partial charge < -0.3 is 10.1 Å². The summed E-state index contributed by atoms with van der Waals surface area (Å²) in [5.41, 5.74) is 0. The van der Waals surface area contributed by atoms with E-state index in [9.17, 15) is 4.79 Å². The van der Waals surface area contributed by atoms with Gasteiger partial charge in [0.25, 0.3) is 0 Å². The van der Waals surface area contributed by atoms with Gasteiger partial charge in [-0.25, -0.2) is 9.97 Å². The number of rotatable bonds is 6. The average Bonchev–Trinajstić information content (AvgIpc) is 2.27. The third-order valence-corrected chi connectivity index (χ3v) is 2.61. The lowest BCUT2D eigenvalue weighted by Gasteiger charge is -2.06. The third kappa shape index (κ3) is 4.73. The number of ether oxygens (including phenoxy) is 1. The molecule has 0 radical (unpaired) electrons. The summed E-state index contributed by atoms with van der Waals surface area (Å²) in [5.74, 6) is 0.654. The molecule has 0 fully saturated rings. The van der Waals surface area contributed by atoms with Crippen molar-refractivity contribution in [3.63, 3.8) is 0 Å². The molecule has 0 amide bonds. The fourth-order valence-corrected chi connectivity index (χ4v) is 1.61. The van der Waals surface area contributed by atoms with E-state index in [4.69, 9.17) is 4.74 Å². The van der Waals surface area contributed by atoms with E-state index in [1.165, 1.54) is 6.33 Å². The van der Waals surface area contributed by atoms with Gasteiger partial charge in [-0.15, -0.1) is 0 Å². The number of hydrogen-bond acceptors (Lipinski definition) is 5. The van der Waals surface area contributed by atoms with Crippen LogP contribution in [0.4, 0.5) is 5.82 Å². The standard InChI is InChI=1S/C10H14IN3O2/c1-2-16-9(15)4-3-5-13-10-8(11)6-12-7-14-10/h6-7H,2-5H2,1H3,(H,12,13,14). The second kappa shape index (κ2) is 7.37. The molecule has 0 spiro atoms. The molecule has 0 aliphatic carbocycles. The van der Waals surface area contributed by atoms with E-state index in [0.29, 0.717) is 19.6 Å². The molecule has 5 nitrogen and oxygen atoms in total. The Morgan fingerprint density at radius 2 is 2.44 bits per heavy atom.